The molecule has 1 aromatic carbocycles. The lowest BCUT2D eigenvalue weighted by Crippen LogP contribution is -2.20. The summed E-state index contributed by atoms with van der Waals surface area (Å²) in [5.74, 6) is 0.251. The van der Waals surface area contributed by atoms with Crippen molar-refractivity contribution in [2.75, 3.05) is 13.2 Å². The highest BCUT2D eigenvalue weighted by Crippen LogP contribution is 2.10. The van der Waals surface area contributed by atoms with Crippen molar-refractivity contribution in [2.45, 2.75) is 6.92 Å². The first-order valence-corrected chi connectivity index (χ1v) is 4.92. The fourth-order valence-corrected chi connectivity index (χ4v) is 1.03. The first-order valence-electron chi connectivity index (χ1n) is 4.92. The van der Waals surface area contributed by atoms with Crippen LogP contribution >= 0.6 is 0 Å². The van der Waals surface area contributed by atoms with Crippen LogP contribution in [0, 0.1) is 0 Å². The number of aliphatic hydroxyl groups is 1. The summed E-state index contributed by atoms with van der Waals surface area (Å²) < 4.78 is 5.27. The normalized spacial score (nSPS) is 10.4. The first kappa shape index (κ1) is 12.2. The average molecular weight is 222 g/mol. The molecular formula is C11H14N2O3. The summed E-state index contributed by atoms with van der Waals surface area (Å²) in [4.78, 5) is 10.6. The second-order valence-corrected chi connectivity index (χ2v) is 2.95. The third kappa shape index (κ3) is 4.10. The van der Waals surface area contributed by atoms with Crippen molar-refractivity contribution in [2.24, 2.45) is 5.10 Å². The minimum Gasteiger partial charge on any atom is -0.494 e. The Balaban J connectivity index is 2.51. The number of aliphatic hydroxyl groups excluding tert-OH is 1. The first-order chi connectivity index (χ1) is 7.76. The molecule has 2 N–H and O–H groups in total. The van der Waals surface area contributed by atoms with E-state index in [1.165, 1.54) is 6.21 Å². The Hall–Kier alpha value is -1.88. The second kappa shape index (κ2) is 6.58. The molecule has 0 aromatic heterocycles. The van der Waals surface area contributed by atoms with Crippen LogP contribution in [0.3, 0.4) is 0 Å². The van der Waals surface area contributed by atoms with Crippen LogP contribution in [-0.2, 0) is 4.79 Å². The van der Waals surface area contributed by atoms with Crippen LogP contribution in [0.2, 0.25) is 0 Å². The lowest BCUT2D eigenvalue weighted by atomic mass is 10.2. The van der Waals surface area contributed by atoms with Crippen molar-refractivity contribution >= 4 is 12.1 Å². The second-order valence-electron chi connectivity index (χ2n) is 2.95. The quantitative estimate of drug-likeness (QED) is 0.564. The summed E-state index contributed by atoms with van der Waals surface area (Å²) in [6.07, 6.45) is 1.49. The van der Waals surface area contributed by atoms with Gasteiger partial charge in [0.15, 0.2) is 0 Å². The van der Waals surface area contributed by atoms with Gasteiger partial charge in [-0.15, -0.1) is 0 Å². The van der Waals surface area contributed by atoms with Crippen molar-refractivity contribution in [3.63, 3.8) is 0 Å². The van der Waals surface area contributed by atoms with E-state index in [9.17, 15) is 4.79 Å². The third-order valence-electron chi connectivity index (χ3n) is 1.74. The molecule has 0 atom stereocenters. The molecule has 0 saturated carbocycles. The maximum Gasteiger partial charge on any atom is 0.265 e. The van der Waals surface area contributed by atoms with Gasteiger partial charge in [-0.2, -0.15) is 5.10 Å². The lowest BCUT2D eigenvalue weighted by molar-refractivity contribution is -0.123. The van der Waals surface area contributed by atoms with Crippen LogP contribution in [0.4, 0.5) is 0 Å². The maximum absolute atomic E-state index is 10.6. The molecule has 0 unspecified atom stereocenters. The van der Waals surface area contributed by atoms with E-state index in [2.05, 4.69) is 10.5 Å². The van der Waals surface area contributed by atoms with Gasteiger partial charge in [-0.05, 0) is 36.8 Å². The lowest BCUT2D eigenvalue weighted by Gasteiger charge is -2.01. The maximum atomic E-state index is 10.6. The SMILES string of the molecule is CCOc1ccc(/C=N\NC(=O)CO)cc1. The van der Waals surface area contributed by atoms with Crippen LogP contribution in [0.1, 0.15) is 12.5 Å². The van der Waals surface area contributed by atoms with E-state index in [4.69, 9.17) is 9.84 Å². The zero-order valence-corrected chi connectivity index (χ0v) is 9.01. The van der Waals surface area contributed by atoms with Crippen LogP contribution in [0.5, 0.6) is 5.75 Å². The number of hydrogen-bond donors (Lipinski definition) is 2. The summed E-state index contributed by atoms with van der Waals surface area (Å²) in [5.41, 5.74) is 3.00. The fourth-order valence-electron chi connectivity index (χ4n) is 1.03. The summed E-state index contributed by atoms with van der Waals surface area (Å²) in [6, 6.07) is 7.27. The smallest absolute Gasteiger partial charge is 0.265 e. The van der Waals surface area contributed by atoms with Crippen LogP contribution in [-0.4, -0.2) is 30.4 Å². The number of benzene rings is 1. The molecule has 0 heterocycles. The highest BCUT2D eigenvalue weighted by molar-refractivity contribution is 5.82. The number of carbonyl (C=O) groups is 1. The Kier molecular flexibility index (Phi) is 5.01. The Bertz CT molecular complexity index is 360. The van der Waals surface area contributed by atoms with E-state index >= 15 is 0 Å². The van der Waals surface area contributed by atoms with Gasteiger partial charge < -0.3 is 9.84 Å². The summed E-state index contributed by atoms with van der Waals surface area (Å²) >= 11 is 0. The summed E-state index contributed by atoms with van der Waals surface area (Å²) in [6.45, 7) is 1.97. The minimum absolute atomic E-state index is 0.540. The molecule has 5 nitrogen and oxygen atoms in total. The van der Waals surface area contributed by atoms with E-state index < -0.39 is 12.5 Å². The standard InChI is InChI=1S/C11H14N2O3/c1-2-16-10-5-3-9(4-6-10)7-12-13-11(15)8-14/h3-7,14H,2,8H2,1H3,(H,13,15)/b12-7-. The molecule has 0 aliphatic heterocycles. The molecule has 0 aliphatic rings. The van der Waals surface area contributed by atoms with Gasteiger partial charge in [-0.1, -0.05) is 0 Å². The number of carbonyl (C=O) groups excluding carboxylic acids is 1. The van der Waals surface area contributed by atoms with Crippen molar-refractivity contribution in [3.8, 4) is 5.75 Å². The highest BCUT2D eigenvalue weighted by atomic mass is 16.5. The molecule has 1 rings (SSSR count). The summed E-state index contributed by atoms with van der Waals surface area (Å²) in [7, 11) is 0. The van der Waals surface area contributed by atoms with Crippen LogP contribution in [0.15, 0.2) is 29.4 Å². The van der Waals surface area contributed by atoms with Gasteiger partial charge in [-0.3, -0.25) is 4.79 Å². The number of hydrogen-bond acceptors (Lipinski definition) is 4. The molecule has 16 heavy (non-hydrogen) atoms. The van der Waals surface area contributed by atoms with E-state index in [1.54, 1.807) is 0 Å². The fraction of sp³-hybridized carbons (Fsp3) is 0.273. The topological polar surface area (TPSA) is 70.9 Å². The predicted molar refractivity (Wildman–Crippen MR) is 60.4 cm³/mol. The molecule has 0 radical (unpaired) electrons. The van der Waals surface area contributed by atoms with Gasteiger partial charge in [0.25, 0.3) is 5.91 Å². The van der Waals surface area contributed by atoms with Crippen molar-refractivity contribution in [1.82, 2.24) is 5.43 Å². The Labute approximate surface area is 93.7 Å². The number of rotatable bonds is 5. The van der Waals surface area contributed by atoms with Gasteiger partial charge in [0, 0.05) is 0 Å². The van der Waals surface area contributed by atoms with Gasteiger partial charge in [0.1, 0.15) is 12.4 Å². The summed E-state index contributed by atoms with van der Waals surface area (Å²) in [5, 5.41) is 12.1. The monoisotopic (exact) mass is 222 g/mol. The molecule has 1 amide bonds. The molecule has 1 aromatic rings. The number of nitrogens with zero attached hydrogens (tertiary/aromatic N) is 1. The largest absolute Gasteiger partial charge is 0.494 e. The molecule has 5 heteroatoms. The highest BCUT2D eigenvalue weighted by Gasteiger charge is 1.94. The van der Waals surface area contributed by atoms with E-state index in [0.29, 0.717) is 6.61 Å². The number of ether oxygens (including phenoxy) is 1. The molecule has 86 valence electrons. The van der Waals surface area contributed by atoms with Crippen LogP contribution in [0.25, 0.3) is 0 Å². The molecule has 0 spiro atoms. The van der Waals surface area contributed by atoms with E-state index in [-0.39, 0.29) is 0 Å². The van der Waals surface area contributed by atoms with Gasteiger partial charge in [0.05, 0.1) is 12.8 Å². The zero-order chi connectivity index (χ0) is 11.8. The van der Waals surface area contributed by atoms with Crippen molar-refractivity contribution in [1.29, 1.82) is 0 Å². The number of amides is 1. The Morgan fingerprint density at radius 2 is 2.19 bits per heavy atom. The number of hydrazone groups is 1. The van der Waals surface area contributed by atoms with Crippen molar-refractivity contribution in [3.05, 3.63) is 29.8 Å². The van der Waals surface area contributed by atoms with Crippen molar-refractivity contribution < 1.29 is 14.6 Å². The van der Waals surface area contributed by atoms with Gasteiger partial charge in [-0.25, -0.2) is 5.43 Å². The average Bonchev–Trinajstić information content (AvgIpc) is 2.31. The molecule has 0 fully saturated rings. The minimum atomic E-state index is -0.569. The Morgan fingerprint density at radius 1 is 1.50 bits per heavy atom. The van der Waals surface area contributed by atoms with E-state index in [1.807, 2.05) is 31.2 Å². The molecule has 0 saturated heterocycles. The zero-order valence-electron chi connectivity index (χ0n) is 9.01. The van der Waals surface area contributed by atoms with E-state index in [0.717, 1.165) is 11.3 Å². The Morgan fingerprint density at radius 3 is 2.75 bits per heavy atom. The van der Waals surface area contributed by atoms with Gasteiger partial charge >= 0.3 is 0 Å². The molecule has 0 bridgehead atoms. The molecule has 0 aliphatic carbocycles. The molecular weight excluding hydrogens is 208 g/mol. The van der Waals surface area contributed by atoms with Crippen LogP contribution < -0.4 is 10.2 Å². The predicted octanol–water partition coefficient (Wildman–Crippen LogP) is 0.528. The number of nitrogens with one attached hydrogen (secondary N) is 1. The third-order valence-corrected chi connectivity index (χ3v) is 1.74. The van der Waals surface area contributed by atoms with Gasteiger partial charge in [0.2, 0.25) is 0 Å².